The molecule has 3 aromatic heterocycles. The average molecular weight is 639 g/mol. The lowest BCUT2D eigenvalue weighted by molar-refractivity contribution is 0.669. The van der Waals surface area contributed by atoms with Crippen LogP contribution in [0.1, 0.15) is 0 Å². The summed E-state index contributed by atoms with van der Waals surface area (Å²) in [6.45, 7) is 0. The second-order valence-corrected chi connectivity index (χ2v) is 12.9. The third kappa shape index (κ3) is 4.06. The lowest BCUT2D eigenvalue weighted by atomic mass is 9.95. The fraction of sp³-hybridized carbons (Fsp3) is 0. The lowest BCUT2D eigenvalue weighted by Crippen LogP contribution is -1.96. The van der Waals surface area contributed by atoms with Gasteiger partial charge in [-0.2, -0.15) is 0 Å². The molecule has 3 heterocycles. The molecule has 11 rings (SSSR count). The van der Waals surface area contributed by atoms with Gasteiger partial charge in [0.2, 0.25) is 0 Å². The van der Waals surface area contributed by atoms with E-state index in [9.17, 15) is 0 Å². The first-order chi connectivity index (χ1) is 24.7. The third-order valence-corrected chi connectivity index (χ3v) is 10.1. The molecule has 0 fully saturated rings. The SMILES string of the molecule is c1ccc2cc(-c3ccc4oc5c6ccccc6c(-c6nc(-c7ccc8c(c7)oc7ccccc78)nc7ccccc67)cc5c4c3)ccc2c1. The van der Waals surface area contributed by atoms with Crippen molar-refractivity contribution in [2.24, 2.45) is 0 Å². The second kappa shape index (κ2) is 10.4. The van der Waals surface area contributed by atoms with Gasteiger partial charge in [0.05, 0.1) is 11.2 Å². The Morgan fingerprint density at radius 3 is 1.96 bits per heavy atom. The quantitative estimate of drug-likeness (QED) is 0.193. The van der Waals surface area contributed by atoms with Crippen LogP contribution in [-0.4, -0.2) is 9.97 Å². The highest BCUT2D eigenvalue weighted by Crippen LogP contribution is 2.42. The van der Waals surface area contributed by atoms with E-state index in [1.165, 1.54) is 16.3 Å². The minimum Gasteiger partial charge on any atom is -0.456 e. The van der Waals surface area contributed by atoms with Crippen molar-refractivity contribution >= 4 is 76.3 Å². The van der Waals surface area contributed by atoms with E-state index >= 15 is 0 Å². The Kier molecular flexibility index (Phi) is 5.63. The summed E-state index contributed by atoms with van der Waals surface area (Å²) in [4.78, 5) is 10.4. The van der Waals surface area contributed by atoms with E-state index in [0.717, 1.165) is 87.9 Å². The van der Waals surface area contributed by atoms with Crippen LogP contribution >= 0.6 is 0 Å². The van der Waals surface area contributed by atoms with Crippen LogP contribution in [0.5, 0.6) is 0 Å². The number of hydrogen-bond acceptors (Lipinski definition) is 4. The van der Waals surface area contributed by atoms with E-state index in [4.69, 9.17) is 18.8 Å². The van der Waals surface area contributed by atoms with Crippen LogP contribution in [0.2, 0.25) is 0 Å². The van der Waals surface area contributed by atoms with Crippen molar-refractivity contribution in [3.8, 4) is 33.8 Å². The van der Waals surface area contributed by atoms with Gasteiger partial charge in [-0.1, -0.05) is 109 Å². The molecular weight excluding hydrogens is 613 g/mol. The second-order valence-electron chi connectivity index (χ2n) is 12.9. The van der Waals surface area contributed by atoms with E-state index in [1.807, 2.05) is 24.3 Å². The van der Waals surface area contributed by atoms with Gasteiger partial charge in [-0.25, -0.2) is 9.97 Å². The first kappa shape index (κ1) is 27.2. The van der Waals surface area contributed by atoms with Crippen molar-refractivity contribution in [2.75, 3.05) is 0 Å². The molecule has 0 saturated carbocycles. The predicted octanol–water partition coefficient (Wildman–Crippen LogP) is 12.7. The number of para-hydroxylation sites is 2. The van der Waals surface area contributed by atoms with E-state index in [0.29, 0.717) is 5.82 Å². The third-order valence-electron chi connectivity index (χ3n) is 10.1. The first-order valence-electron chi connectivity index (χ1n) is 16.8. The number of aromatic nitrogens is 2. The minimum absolute atomic E-state index is 0.654. The molecular formula is C46H26N2O2. The molecule has 232 valence electrons. The maximum atomic E-state index is 6.62. The van der Waals surface area contributed by atoms with Crippen LogP contribution in [-0.2, 0) is 0 Å². The molecule has 0 aliphatic heterocycles. The summed E-state index contributed by atoms with van der Waals surface area (Å²) in [6.07, 6.45) is 0. The van der Waals surface area contributed by atoms with Gasteiger partial charge < -0.3 is 8.83 Å². The summed E-state index contributed by atoms with van der Waals surface area (Å²) in [7, 11) is 0. The zero-order chi connectivity index (χ0) is 32.8. The molecule has 0 aliphatic carbocycles. The molecule has 11 aromatic rings. The Labute approximate surface area is 285 Å². The minimum atomic E-state index is 0.654. The van der Waals surface area contributed by atoms with E-state index in [2.05, 4.69) is 133 Å². The highest BCUT2D eigenvalue weighted by atomic mass is 16.3. The van der Waals surface area contributed by atoms with Gasteiger partial charge >= 0.3 is 0 Å². The monoisotopic (exact) mass is 638 g/mol. The van der Waals surface area contributed by atoms with Gasteiger partial charge in [0.1, 0.15) is 22.3 Å². The van der Waals surface area contributed by atoms with E-state index < -0.39 is 0 Å². The van der Waals surface area contributed by atoms with Crippen molar-refractivity contribution in [1.82, 2.24) is 9.97 Å². The maximum absolute atomic E-state index is 6.62. The van der Waals surface area contributed by atoms with Crippen LogP contribution in [0.25, 0.3) is 110 Å². The largest absolute Gasteiger partial charge is 0.456 e. The van der Waals surface area contributed by atoms with Crippen molar-refractivity contribution in [3.63, 3.8) is 0 Å². The summed E-state index contributed by atoms with van der Waals surface area (Å²) in [6, 6.07) is 55.0. The molecule has 0 N–H and O–H groups in total. The van der Waals surface area contributed by atoms with Gasteiger partial charge in [-0.15, -0.1) is 0 Å². The van der Waals surface area contributed by atoms with Gasteiger partial charge in [0, 0.05) is 43.4 Å². The molecule has 0 saturated heterocycles. The van der Waals surface area contributed by atoms with Gasteiger partial charge in [0.15, 0.2) is 5.82 Å². The molecule has 0 unspecified atom stereocenters. The van der Waals surface area contributed by atoms with Crippen molar-refractivity contribution in [1.29, 1.82) is 0 Å². The number of hydrogen-bond donors (Lipinski definition) is 0. The van der Waals surface area contributed by atoms with Crippen LogP contribution in [0.3, 0.4) is 0 Å². The molecule has 0 atom stereocenters. The van der Waals surface area contributed by atoms with Gasteiger partial charge in [-0.05, 0) is 75.8 Å². The molecule has 0 aliphatic rings. The molecule has 0 radical (unpaired) electrons. The Morgan fingerprint density at radius 2 is 1.04 bits per heavy atom. The molecule has 50 heavy (non-hydrogen) atoms. The zero-order valence-corrected chi connectivity index (χ0v) is 26.7. The average Bonchev–Trinajstić information content (AvgIpc) is 3.74. The number of furan rings is 2. The Morgan fingerprint density at radius 1 is 0.360 bits per heavy atom. The van der Waals surface area contributed by atoms with Gasteiger partial charge in [0.25, 0.3) is 0 Å². The number of fused-ring (bicyclic) bond motifs is 10. The molecule has 0 spiro atoms. The zero-order valence-electron chi connectivity index (χ0n) is 26.7. The molecule has 0 bridgehead atoms. The van der Waals surface area contributed by atoms with Crippen LogP contribution in [0, 0.1) is 0 Å². The van der Waals surface area contributed by atoms with Crippen molar-refractivity contribution in [3.05, 3.63) is 158 Å². The number of rotatable bonds is 3. The lowest BCUT2D eigenvalue weighted by Gasteiger charge is -2.12. The normalized spacial score (nSPS) is 12.0. The van der Waals surface area contributed by atoms with Crippen molar-refractivity contribution < 1.29 is 8.83 Å². The summed E-state index contributed by atoms with van der Waals surface area (Å²) in [5.74, 6) is 0.654. The van der Waals surface area contributed by atoms with E-state index in [-0.39, 0.29) is 0 Å². The first-order valence-corrected chi connectivity index (χ1v) is 16.8. The highest BCUT2D eigenvalue weighted by Gasteiger charge is 2.20. The summed E-state index contributed by atoms with van der Waals surface area (Å²) in [5, 5.41) is 9.90. The maximum Gasteiger partial charge on any atom is 0.160 e. The Hall–Kier alpha value is -6.78. The highest BCUT2D eigenvalue weighted by molar-refractivity contribution is 6.20. The Balaban J connectivity index is 1.15. The summed E-state index contributed by atoms with van der Waals surface area (Å²) in [5.41, 5.74) is 9.47. The topological polar surface area (TPSA) is 52.1 Å². The standard InChI is InChI=1S/C46H26N2O2/c1-2-10-28-23-29(18-17-27(28)9-1)30-20-22-42-37(24-30)39-26-38(32-11-3-4-13-35(32)45(39)50-42)44-36-14-5-7-15-40(36)47-46(48-44)31-19-21-34-33-12-6-8-16-41(33)49-43(34)25-31/h1-26H. The molecule has 4 nitrogen and oxygen atoms in total. The summed E-state index contributed by atoms with van der Waals surface area (Å²) < 4.78 is 12.9. The smallest absolute Gasteiger partial charge is 0.160 e. The van der Waals surface area contributed by atoms with Crippen molar-refractivity contribution in [2.45, 2.75) is 0 Å². The van der Waals surface area contributed by atoms with Gasteiger partial charge in [-0.3, -0.25) is 0 Å². The van der Waals surface area contributed by atoms with E-state index in [1.54, 1.807) is 0 Å². The van der Waals surface area contributed by atoms with Crippen LogP contribution in [0.4, 0.5) is 0 Å². The fourth-order valence-electron chi connectivity index (χ4n) is 7.62. The fourth-order valence-corrected chi connectivity index (χ4v) is 7.62. The molecule has 4 heteroatoms. The van der Waals surface area contributed by atoms with Crippen LogP contribution in [0.15, 0.2) is 167 Å². The molecule has 0 amide bonds. The number of nitrogens with zero attached hydrogens (tertiary/aromatic N) is 2. The molecule has 8 aromatic carbocycles. The summed E-state index contributed by atoms with van der Waals surface area (Å²) >= 11 is 0. The Bertz CT molecular complexity index is 3170. The van der Waals surface area contributed by atoms with Crippen LogP contribution < -0.4 is 0 Å². The predicted molar refractivity (Wildman–Crippen MR) is 205 cm³/mol. The number of benzene rings is 8.